The Balaban J connectivity index is 1.41. The van der Waals surface area contributed by atoms with Crippen LogP contribution in [0.1, 0.15) is 55.1 Å². The first-order valence-electron chi connectivity index (χ1n) is 11.7. The van der Waals surface area contributed by atoms with Crippen LogP contribution < -0.4 is 15.4 Å². The van der Waals surface area contributed by atoms with Crippen molar-refractivity contribution in [1.29, 1.82) is 0 Å². The molecule has 1 aliphatic heterocycles. The largest absolute Gasteiger partial charge is 0.458 e. The van der Waals surface area contributed by atoms with Gasteiger partial charge in [-0.15, -0.1) is 0 Å². The normalized spacial score (nSPS) is 16.3. The molecule has 34 heavy (non-hydrogen) atoms. The van der Waals surface area contributed by atoms with Gasteiger partial charge in [0.2, 0.25) is 5.88 Å². The Kier molecular flexibility index (Phi) is 7.12. The maximum absolute atomic E-state index is 13.0. The second-order valence-corrected chi connectivity index (χ2v) is 9.73. The molecule has 0 aliphatic carbocycles. The summed E-state index contributed by atoms with van der Waals surface area (Å²) in [4.78, 5) is 23.9. The number of likely N-dealkylation sites (tertiary alicyclic amines) is 1. The summed E-state index contributed by atoms with van der Waals surface area (Å²) in [5, 5.41) is 6.26. The van der Waals surface area contributed by atoms with Gasteiger partial charge in [0.25, 0.3) is 5.91 Å². The molecule has 7 heteroatoms. The van der Waals surface area contributed by atoms with Crippen LogP contribution in [0.15, 0.2) is 60.9 Å². The summed E-state index contributed by atoms with van der Waals surface area (Å²) >= 11 is 0. The van der Waals surface area contributed by atoms with Crippen LogP contribution in [0.25, 0.3) is 0 Å². The number of amides is 1. The Morgan fingerprint density at radius 1 is 1.12 bits per heavy atom. The minimum absolute atomic E-state index is 0.0634. The second-order valence-electron chi connectivity index (χ2n) is 9.73. The molecule has 178 valence electrons. The van der Waals surface area contributed by atoms with Gasteiger partial charge in [0.05, 0.1) is 5.56 Å². The molecule has 0 radical (unpaired) electrons. The maximum Gasteiger partial charge on any atom is 0.259 e. The van der Waals surface area contributed by atoms with Gasteiger partial charge in [-0.05, 0) is 66.8 Å². The van der Waals surface area contributed by atoms with E-state index in [9.17, 15) is 4.79 Å². The molecule has 1 aromatic carbocycles. The molecule has 1 unspecified atom stereocenters. The Morgan fingerprint density at radius 3 is 2.62 bits per heavy atom. The Hall–Kier alpha value is -3.45. The molecular formula is C27H33N5O2. The number of nitrogens with one attached hydrogen (secondary N) is 2. The second kappa shape index (κ2) is 10.2. The highest BCUT2D eigenvalue weighted by Gasteiger charge is 2.23. The summed E-state index contributed by atoms with van der Waals surface area (Å²) in [6, 6.07) is 15.3. The lowest BCUT2D eigenvalue weighted by Gasteiger charge is -2.20. The molecule has 7 nitrogen and oxygen atoms in total. The van der Waals surface area contributed by atoms with Crippen molar-refractivity contribution in [2.45, 2.75) is 51.8 Å². The SMILES string of the molecule is CN1CCCC1Oc1cc(CNc2ncccc2C(=O)Nc2ccc(C(C)(C)C)cc2)ccn1. The number of hydrogen-bond donors (Lipinski definition) is 2. The Labute approximate surface area is 201 Å². The van der Waals surface area contributed by atoms with E-state index in [2.05, 4.69) is 53.3 Å². The van der Waals surface area contributed by atoms with Crippen LogP contribution in [0.4, 0.5) is 11.5 Å². The van der Waals surface area contributed by atoms with E-state index in [0.29, 0.717) is 23.8 Å². The van der Waals surface area contributed by atoms with Crippen LogP contribution in [0.3, 0.4) is 0 Å². The third-order valence-corrected chi connectivity index (χ3v) is 6.03. The number of benzene rings is 1. The molecule has 1 aliphatic rings. The molecular weight excluding hydrogens is 426 g/mol. The Morgan fingerprint density at radius 2 is 1.91 bits per heavy atom. The number of hydrogen-bond acceptors (Lipinski definition) is 6. The smallest absolute Gasteiger partial charge is 0.259 e. The highest BCUT2D eigenvalue weighted by atomic mass is 16.5. The van der Waals surface area contributed by atoms with E-state index in [-0.39, 0.29) is 17.6 Å². The first-order valence-corrected chi connectivity index (χ1v) is 11.7. The van der Waals surface area contributed by atoms with Gasteiger partial charge in [0.1, 0.15) is 5.82 Å². The number of anilines is 2. The maximum atomic E-state index is 13.0. The molecule has 0 bridgehead atoms. The van der Waals surface area contributed by atoms with Gasteiger partial charge in [0, 0.05) is 37.2 Å². The van der Waals surface area contributed by atoms with E-state index in [1.54, 1.807) is 24.5 Å². The Bertz CT molecular complexity index is 1120. The molecule has 1 atom stereocenters. The number of nitrogens with zero attached hydrogens (tertiary/aromatic N) is 3. The molecule has 0 saturated carbocycles. The van der Waals surface area contributed by atoms with Crippen LogP contribution in [-0.2, 0) is 12.0 Å². The average molecular weight is 460 g/mol. The number of carbonyl (C=O) groups excluding carboxylic acids is 1. The molecule has 1 saturated heterocycles. The standard InChI is InChI=1S/C27H33N5O2/c1-27(2,3)20-9-11-21(12-10-20)31-26(33)22-7-5-14-29-25(22)30-18-19-13-15-28-23(17-19)34-24-8-6-16-32(24)4/h5,7,9-15,17,24H,6,8,16,18H2,1-4H3,(H,29,30)(H,31,33). The monoisotopic (exact) mass is 459 g/mol. The first-order chi connectivity index (χ1) is 16.3. The van der Waals surface area contributed by atoms with Gasteiger partial charge in [-0.1, -0.05) is 32.9 Å². The molecule has 3 heterocycles. The van der Waals surface area contributed by atoms with E-state index < -0.39 is 0 Å². The first kappa shape index (κ1) is 23.7. The van der Waals surface area contributed by atoms with Crippen LogP contribution in [0, 0.1) is 0 Å². The topological polar surface area (TPSA) is 79.4 Å². The predicted molar refractivity (Wildman–Crippen MR) is 135 cm³/mol. The van der Waals surface area contributed by atoms with Crippen LogP contribution in [0.5, 0.6) is 5.88 Å². The lowest BCUT2D eigenvalue weighted by molar-refractivity contribution is 0.0765. The van der Waals surface area contributed by atoms with E-state index in [1.807, 2.05) is 36.4 Å². The summed E-state index contributed by atoms with van der Waals surface area (Å²) in [5.74, 6) is 0.930. The fourth-order valence-electron chi connectivity index (χ4n) is 3.96. The van der Waals surface area contributed by atoms with Crippen LogP contribution >= 0.6 is 0 Å². The van der Waals surface area contributed by atoms with Crippen molar-refractivity contribution >= 4 is 17.4 Å². The molecule has 0 spiro atoms. The summed E-state index contributed by atoms with van der Waals surface area (Å²) < 4.78 is 6.05. The van der Waals surface area contributed by atoms with Gasteiger partial charge < -0.3 is 15.4 Å². The van der Waals surface area contributed by atoms with Crippen molar-refractivity contribution in [2.75, 3.05) is 24.2 Å². The van der Waals surface area contributed by atoms with E-state index in [4.69, 9.17) is 4.74 Å². The highest BCUT2D eigenvalue weighted by molar-refractivity contribution is 6.07. The zero-order chi connectivity index (χ0) is 24.1. The average Bonchev–Trinajstić information content (AvgIpc) is 3.22. The fourth-order valence-corrected chi connectivity index (χ4v) is 3.96. The number of pyridine rings is 2. The minimum atomic E-state index is -0.206. The minimum Gasteiger partial charge on any atom is -0.458 e. The van der Waals surface area contributed by atoms with Gasteiger partial charge in [0.15, 0.2) is 6.23 Å². The third kappa shape index (κ3) is 5.91. The lowest BCUT2D eigenvalue weighted by atomic mass is 9.87. The van der Waals surface area contributed by atoms with Crippen LogP contribution in [0.2, 0.25) is 0 Å². The van der Waals surface area contributed by atoms with Crippen molar-refractivity contribution < 1.29 is 9.53 Å². The fraction of sp³-hybridized carbons (Fsp3) is 0.370. The van der Waals surface area contributed by atoms with Crippen molar-refractivity contribution in [3.8, 4) is 5.88 Å². The molecule has 2 aromatic heterocycles. The molecule has 1 fully saturated rings. The summed E-state index contributed by atoms with van der Waals surface area (Å²) in [5.41, 5.74) is 3.52. The molecule has 4 rings (SSSR count). The zero-order valence-corrected chi connectivity index (χ0v) is 20.3. The third-order valence-electron chi connectivity index (χ3n) is 6.03. The van der Waals surface area contributed by atoms with Crippen molar-refractivity contribution in [3.05, 3.63) is 77.6 Å². The van der Waals surface area contributed by atoms with Gasteiger partial charge in [-0.25, -0.2) is 9.97 Å². The van der Waals surface area contributed by atoms with Gasteiger partial charge >= 0.3 is 0 Å². The quantitative estimate of drug-likeness (QED) is 0.514. The van der Waals surface area contributed by atoms with Crippen LogP contribution in [-0.4, -0.2) is 40.6 Å². The van der Waals surface area contributed by atoms with E-state index in [1.165, 1.54) is 5.56 Å². The number of ether oxygens (including phenoxy) is 1. The van der Waals surface area contributed by atoms with Crippen molar-refractivity contribution in [1.82, 2.24) is 14.9 Å². The number of rotatable bonds is 7. The summed E-state index contributed by atoms with van der Waals surface area (Å²) in [7, 11) is 2.07. The highest BCUT2D eigenvalue weighted by Crippen LogP contribution is 2.24. The van der Waals surface area contributed by atoms with Crippen molar-refractivity contribution in [3.63, 3.8) is 0 Å². The number of carbonyl (C=O) groups is 1. The molecule has 1 amide bonds. The van der Waals surface area contributed by atoms with Gasteiger partial charge in [-0.3, -0.25) is 9.69 Å². The van der Waals surface area contributed by atoms with E-state index >= 15 is 0 Å². The zero-order valence-electron chi connectivity index (χ0n) is 20.3. The summed E-state index contributed by atoms with van der Waals surface area (Å²) in [6.07, 6.45) is 5.63. The van der Waals surface area contributed by atoms with Crippen molar-refractivity contribution in [2.24, 2.45) is 0 Å². The lowest BCUT2D eigenvalue weighted by Crippen LogP contribution is -2.30. The van der Waals surface area contributed by atoms with Gasteiger partial charge in [-0.2, -0.15) is 0 Å². The molecule has 2 N–H and O–H groups in total. The predicted octanol–water partition coefficient (Wildman–Crippen LogP) is 5.07. The molecule has 3 aromatic rings. The summed E-state index contributed by atoms with van der Waals surface area (Å²) in [6.45, 7) is 8.03. The van der Waals surface area contributed by atoms with E-state index in [0.717, 1.165) is 30.6 Å². The number of aromatic nitrogens is 2.